The number of hydrogen-bond acceptors (Lipinski definition) is 7. The van der Waals surface area contributed by atoms with E-state index in [0.717, 1.165) is 28.1 Å². The zero-order valence-corrected chi connectivity index (χ0v) is 21.1. The van der Waals surface area contributed by atoms with Gasteiger partial charge < -0.3 is 15.1 Å². The van der Waals surface area contributed by atoms with Crippen molar-refractivity contribution >= 4 is 40.1 Å². The van der Waals surface area contributed by atoms with Gasteiger partial charge >= 0.3 is 0 Å². The number of hydrogen-bond donors (Lipinski definition) is 1. The summed E-state index contributed by atoms with van der Waals surface area (Å²) in [5.74, 6) is -0.350. The number of carbonyl (C=O) groups excluding carboxylic acids is 2. The van der Waals surface area contributed by atoms with Gasteiger partial charge in [0, 0.05) is 48.9 Å². The summed E-state index contributed by atoms with van der Waals surface area (Å²) in [5, 5.41) is 2.94. The fourth-order valence-electron chi connectivity index (χ4n) is 3.67. The highest BCUT2D eigenvalue weighted by Gasteiger charge is 2.20. The van der Waals surface area contributed by atoms with E-state index < -0.39 is 0 Å². The molecule has 35 heavy (non-hydrogen) atoms. The first-order valence-corrected chi connectivity index (χ1v) is 12.1. The molecule has 2 aromatic heterocycles. The number of nitrogens with one attached hydrogen (secondary N) is 1. The lowest BCUT2D eigenvalue weighted by molar-refractivity contribution is 0.0786. The molecule has 0 saturated heterocycles. The van der Waals surface area contributed by atoms with Crippen LogP contribution in [0.25, 0.3) is 11.0 Å². The van der Waals surface area contributed by atoms with Crippen LogP contribution in [0.3, 0.4) is 0 Å². The van der Waals surface area contributed by atoms with Crippen LogP contribution in [0.4, 0.5) is 5.69 Å². The highest BCUT2D eigenvalue weighted by molar-refractivity contribution is 7.06. The molecule has 4 aromatic rings. The summed E-state index contributed by atoms with van der Waals surface area (Å²) in [7, 11) is 5.71. The summed E-state index contributed by atoms with van der Waals surface area (Å²) in [4.78, 5) is 39.7. The Morgan fingerprint density at radius 1 is 1.00 bits per heavy atom. The largest absolute Gasteiger partial charge is 0.340 e. The SMILES string of the molecule is Cc1nsc(Cc2cnc3ccccc3n2)c1C(=O)Nc1cccc(C(=O)N(C)CCN(C)C)c1. The number of aryl methyl sites for hydroxylation is 1. The number of rotatable bonds is 8. The number of benzene rings is 2. The summed E-state index contributed by atoms with van der Waals surface area (Å²) < 4.78 is 4.41. The van der Waals surface area contributed by atoms with Crippen LogP contribution in [0.15, 0.2) is 54.7 Å². The Morgan fingerprint density at radius 3 is 2.54 bits per heavy atom. The Kier molecular flexibility index (Phi) is 7.48. The summed E-state index contributed by atoms with van der Waals surface area (Å²) in [6.07, 6.45) is 2.20. The van der Waals surface area contributed by atoms with Crippen molar-refractivity contribution in [2.24, 2.45) is 0 Å². The molecule has 1 N–H and O–H groups in total. The smallest absolute Gasteiger partial charge is 0.258 e. The Hall–Kier alpha value is -3.69. The van der Waals surface area contributed by atoms with Crippen LogP contribution in [0.5, 0.6) is 0 Å². The molecular formula is C26H28N6O2S. The molecule has 8 nitrogen and oxygen atoms in total. The maximum Gasteiger partial charge on any atom is 0.258 e. The minimum atomic E-state index is -0.259. The summed E-state index contributed by atoms with van der Waals surface area (Å²) in [6, 6.07) is 14.7. The van der Waals surface area contributed by atoms with Crippen molar-refractivity contribution in [3.63, 3.8) is 0 Å². The van der Waals surface area contributed by atoms with E-state index in [1.54, 1.807) is 42.4 Å². The van der Waals surface area contributed by atoms with Crippen molar-refractivity contribution in [1.29, 1.82) is 0 Å². The summed E-state index contributed by atoms with van der Waals surface area (Å²) in [5.41, 5.74) is 4.69. The van der Waals surface area contributed by atoms with Crippen LogP contribution in [0.1, 0.15) is 37.0 Å². The van der Waals surface area contributed by atoms with E-state index in [1.165, 1.54) is 11.5 Å². The molecule has 0 radical (unpaired) electrons. The second-order valence-electron chi connectivity index (χ2n) is 8.66. The fourth-order valence-corrected chi connectivity index (χ4v) is 4.55. The molecule has 2 aromatic carbocycles. The van der Waals surface area contributed by atoms with Crippen LogP contribution in [-0.4, -0.2) is 70.2 Å². The van der Waals surface area contributed by atoms with Gasteiger partial charge in [-0.15, -0.1) is 0 Å². The number of fused-ring (bicyclic) bond motifs is 1. The molecule has 0 fully saturated rings. The molecule has 0 aliphatic heterocycles. The molecule has 0 aliphatic rings. The Bertz CT molecular complexity index is 1370. The average Bonchev–Trinajstić information content (AvgIpc) is 3.21. The highest BCUT2D eigenvalue weighted by atomic mass is 32.1. The first-order chi connectivity index (χ1) is 16.8. The van der Waals surface area contributed by atoms with Gasteiger partial charge in [0.25, 0.3) is 11.8 Å². The van der Waals surface area contributed by atoms with Gasteiger partial charge in [-0.3, -0.25) is 14.6 Å². The van der Waals surface area contributed by atoms with E-state index in [-0.39, 0.29) is 11.8 Å². The second-order valence-corrected chi connectivity index (χ2v) is 9.52. The summed E-state index contributed by atoms with van der Waals surface area (Å²) in [6.45, 7) is 3.21. The van der Waals surface area contributed by atoms with Crippen LogP contribution in [0, 0.1) is 6.92 Å². The van der Waals surface area contributed by atoms with Crippen LogP contribution < -0.4 is 5.32 Å². The van der Waals surface area contributed by atoms with Gasteiger partial charge in [-0.05, 0) is 62.9 Å². The van der Waals surface area contributed by atoms with Gasteiger partial charge in [-0.2, -0.15) is 4.37 Å². The molecule has 4 rings (SSSR count). The molecular weight excluding hydrogens is 460 g/mol. The predicted octanol–water partition coefficient (Wildman–Crippen LogP) is 3.87. The zero-order valence-electron chi connectivity index (χ0n) is 20.3. The monoisotopic (exact) mass is 488 g/mol. The molecule has 0 saturated carbocycles. The van der Waals surface area contributed by atoms with E-state index in [0.29, 0.717) is 35.5 Å². The Labute approximate surface area is 208 Å². The minimum Gasteiger partial charge on any atom is -0.340 e. The molecule has 0 unspecified atom stereocenters. The average molecular weight is 489 g/mol. The number of para-hydroxylation sites is 2. The Morgan fingerprint density at radius 2 is 1.77 bits per heavy atom. The third-order valence-corrected chi connectivity index (χ3v) is 6.53. The Balaban J connectivity index is 1.50. The second kappa shape index (κ2) is 10.7. The van der Waals surface area contributed by atoms with E-state index in [9.17, 15) is 9.59 Å². The van der Waals surface area contributed by atoms with Crippen molar-refractivity contribution < 1.29 is 9.59 Å². The van der Waals surface area contributed by atoms with Crippen LogP contribution >= 0.6 is 11.5 Å². The van der Waals surface area contributed by atoms with E-state index in [1.807, 2.05) is 50.2 Å². The maximum absolute atomic E-state index is 13.2. The molecule has 180 valence electrons. The molecule has 0 atom stereocenters. The van der Waals surface area contributed by atoms with Gasteiger partial charge in [0.15, 0.2) is 0 Å². The van der Waals surface area contributed by atoms with E-state index in [4.69, 9.17) is 0 Å². The third kappa shape index (κ3) is 5.87. The van der Waals surface area contributed by atoms with Crippen molar-refractivity contribution in [1.82, 2.24) is 24.1 Å². The number of likely N-dealkylation sites (N-methyl/N-ethyl adjacent to an activating group) is 2. The van der Waals surface area contributed by atoms with E-state index in [2.05, 4.69) is 19.7 Å². The number of nitrogens with zero attached hydrogens (tertiary/aromatic N) is 5. The predicted molar refractivity (Wildman–Crippen MR) is 139 cm³/mol. The molecule has 0 aliphatic carbocycles. The molecule has 0 spiro atoms. The molecule has 2 amide bonds. The maximum atomic E-state index is 13.2. The summed E-state index contributed by atoms with van der Waals surface area (Å²) >= 11 is 1.29. The quantitative estimate of drug-likeness (QED) is 0.405. The van der Waals surface area contributed by atoms with Crippen molar-refractivity contribution in [3.8, 4) is 0 Å². The normalized spacial score (nSPS) is 11.1. The van der Waals surface area contributed by atoms with Gasteiger partial charge in [0.05, 0.1) is 28.0 Å². The lowest BCUT2D eigenvalue weighted by Gasteiger charge is -2.20. The lowest BCUT2D eigenvalue weighted by atomic mass is 10.1. The molecule has 0 bridgehead atoms. The number of amides is 2. The highest BCUT2D eigenvalue weighted by Crippen LogP contribution is 2.24. The van der Waals surface area contributed by atoms with Gasteiger partial charge in [-0.25, -0.2) is 4.98 Å². The standard InChI is InChI=1S/C26H28N6O2S/c1-17-24(23(35-30-17)15-20-16-27-21-10-5-6-11-22(21)28-20)25(33)29-19-9-7-8-18(14-19)26(34)32(4)13-12-31(2)3/h5-11,14,16H,12-13,15H2,1-4H3,(H,29,33). The minimum absolute atomic E-state index is 0.0908. The number of carbonyl (C=O) groups is 2. The fraction of sp³-hybridized carbons (Fsp3) is 0.269. The first kappa shape index (κ1) is 24.4. The van der Waals surface area contributed by atoms with Gasteiger partial charge in [0.2, 0.25) is 0 Å². The van der Waals surface area contributed by atoms with Crippen LogP contribution in [-0.2, 0) is 6.42 Å². The van der Waals surface area contributed by atoms with Crippen molar-refractivity contribution in [3.05, 3.63) is 82.1 Å². The third-order valence-electron chi connectivity index (χ3n) is 5.60. The molecule has 9 heteroatoms. The van der Waals surface area contributed by atoms with Gasteiger partial charge in [-0.1, -0.05) is 18.2 Å². The first-order valence-electron chi connectivity index (χ1n) is 11.3. The van der Waals surface area contributed by atoms with E-state index >= 15 is 0 Å². The topological polar surface area (TPSA) is 91.3 Å². The number of aromatic nitrogens is 3. The van der Waals surface area contributed by atoms with Gasteiger partial charge in [0.1, 0.15) is 0 Å². The number of anilines is 1. The molecule has 2 heterocycles. The van der Waals surface area contributed by atoms with Crippen LogP contribution in [0.2, 0.25) is 0 Å². The van der Waals surface area contributed by atoms with Crippen molar-refractivity contribution in [2.45, 2.75) is 13.3 Å². The zero-order chi connectivity index (χ0) is 24.9. The lowest BCUT2D eigenvalue weighted by Crippen LogP contribution is -2.33. The van der Waals surface area contributed by atoms with Crippen molar-refractivity contribution in [2.75, 3.05) is 39.5 Å².